The van der Waals surface area contributed by atoms with E-state index in [0.29, 0.717) is 16.7 Å². The Labute approximate surface area is 148 Å². The first-order valence-corrected chi connectivity index (χ1v) is 7.98. The predicted octanol–water partition coefficient (Wildman–Crippen LogP) is 1.67. The van der Waals surface area contributed by atoms with Crippen molar-refractivity contribution in [3.05, 3.63) is 61.7 Å². The van der Waals surface area contributed by atoms with Crippen molar-refractivity contribution >= 4 is 5.97 Å². The standard InChI is InChI=1S/C18H18FN3O4/c1-5-12-7-16(23)22(18(25)21(12)4)15-8-13(17(24)26-10(2)3)11(9-20)6-14(15)19/h6-8,10H,5H2,1-4H3. The Balaban J connectivity index is 2.79. The van der Waals surface area contributed by atoms with Crippen LogP contribution in [0.4, 0.5) is 4.39 Å². The zero-order chi connectivity index (χ0) is 19.6. The largest absolute Gasteiger partial charge is 0.459 e. The van der Waals surface area contributed by atoms with E-state index in [1.807, 2.05) is 0 Å². The number of hydrogen-bond donors (Lipinski definition) is 0. The third-order valence-electron chi connectivity index (χ3n) is 3.79. The number of halogens is 1. The normalized spacial score (nSPS) is 10.7. The molecule has 1 heterocycles. The van der Waals surface area contributed by atoms with Gasteiger partial charge in [-0.2, -0.15) is 5.26 Å². The maximum absolute atomic E-state index is 14.5. The molecule has 0 aliphatic heterocycles. The van der Waals surface area contributed by atoms with Crippen molar-refractivity contribution in [3.8, 4) is 11.8 Å². The van der Waals surface area contributed by atoms with E-state index >= 15 is 0 Å². The van der Waals surface area contributed by atoms with Gasteiger partial charge in [0.15, 0.2) is 0 Å². The molecule has 2 rings (SSSR count). The number of nitrogens with zero attached hydrogens (tertiary/aromatic N) is 3. The second kappa shape index (κ2) is 7.35. The third-order valence-corrected chi connectivity index (χ3v) is 3.79. The van der Waals surface area contributed by atoms with Gasteiger partial charge in [0, 0.05) is 18.8 Å². The first kappa shape index (κ1) is 19.1. The number of rotatable bonds is 4. The lowest BCUT2D eigenvalue weighted by Gasteiger charge is -2.14. The lowest BCUT2D eigenvalue weighted by molar-refractivity contribution is 0.0377. The molecule has 0 saturated heterocycles. The maximum Gasteiger partial charge on any atom is 0.339 e. The van der Waals surface area contributed by atoms with Crippen molar-refractivity contribution in [2.24, 2.45) is 7.05 Å². The molecule has 8 heteroatoms. The Bertz CT molecular complexity index is 1030. The van der Waals surface area contributed by atoms with E-state index in [9.17, 15) is 18.8 Å². The Hall–Kier alpha value is -3.21. The van der Waals surface area contributed by atoms with E-state index in [1.165, 1.54) is 17.7 Å². The summed E-state index contributed by atoms with van der Waals surface area (Å²) in [5.74, 6) is -1.81. The molecular formula is C18H18FN3O4. The molecule has 0 bridgehead atoms. The molecule has 0 amide bonds. The molecule has 0 unspecified atom stereocenters. The zero-order valence-corrected chi connectivity index (χ0v) is 14.9. The molecule has 7 nitrogen and oxygen atoms in total. The van der Waals surface area contributed by atoms with Crippen molar-refractivity contribution in [2.75, 3.05) is 0 Å². The Morgan fingerprint density at radius 1 is 1.31 bits per heavy atom. The fourth-order valence-electron chi connectivity index (χ4n) is 2.50. The quantitative estimate of drug-likeness (QED) is 0.774. The van der Waals surface area contributed by atoms with Gasteiger partial charge in [0.2, 0.25) is 0 Å². The number of aromatic nitrogens is 2. The summed E-state index contributed by atoms with van der Waals surface area (Å²) < 4.78 is 21.4. The first-order chi connectivity index (χ1) is 12.2. The highest BCUT2D eigenvalue weighted by Gasteiger charge is 2.21. The van der Waals surface area contributed by atoms with Crippen LogP contribution in [0.3, 0.4) is 0 Å². The fourth-order valence-corrected chi connectivity index (χ4v) is 2.50. The first-order valence-electron chi connectivity index (χ1n) is 7.98. The number of carbonyl (C=O) groups excluding carboxylic acids is 1. The summed E-state index contributed by atoms with van der Waals surface area (Å²) >= 11 is 0. The highest BCUT2D eigenvalue weighted by atomic mass is 19.1. The summed E-state index contributed by atoms with van der Waals surface area (Å²) in [5.41, 5.74) is -1.85. The monoisotopic (exact) mass is 359 g/mol. The summed E-state index contributed by atoms with van der Waals surface area (Å²) in [6.07, 6.45) is -0.00845. The summed E-state index contributed by atoms with van der Waals surface area (Å²) in [4.78, 5) is 37.1. The van der Waals surface area contributed by atoms with E-state index in [-0.39, 0.29) is 11.1 Å². The predicted molar refractivity (Wildman–Crippen MR) is 91.9 cm³/mol. The lowest BCUT2D eigenvalue weighted by atomic mass is 10.1. The molecule has 0 atom stereocenters. The highest BCUT2D eigenvalue weighted by Crippen LogP contribution is 2.19. The molecule has 0 fully saturated rings. The van der Waals surface area contributed by atoms with E-state index in [2.05, 4.69) is 0 Å². The zero-order valence-electron chi connectivity index (χ0n) is 14.9. The van der Waals surface area contributed by atoms with Crippen molar-refractivity contribution < 1.29 is 13.9 Å². The van der Waals surface area contributed by atoms with Gasteiger partial charge in [0.1, 0.15) is 11.9 Å². The molecule has 1 aromatic heterocycles. The number of ether oxygens (including phenoxy) is 1. The van der Waals surface area contributed by atoms with E-state index < -0.39 is 34.8 Å². The average Bonchev–Trinajstić information content (AvgIpc) is 2.58. The van der Waals surface area contributed by atoms with E-state index in [4.69, 9.17) is 10.00 Å². The molecular weight excluding hydrogens is 341 g/mol. The van der Waals surface area contributed by atoms with Crippen LogP contribution < -0.4 is 11.2 Å². The molecule has 0 aliphatic rings. The van der Waals surface area contributed by atoms with Crippen LogP contribution in [0.5, 0.6) is 0 Å². The van der Waals surface area contributed by atoms with Crippen LogP contribution in [0, 0.1) is 17.1 Å². The van der Waals surface area contributed by atoms with Crippen molar-refractivity contribution in [2.45, 2.75) is 33.3 Å². The summed E-state index contributed by atoms with van der Waals surface area (Å²) in [6.45, 7) is 5.02. The average molecular weight is 359 g/mol. The number of hydrogen-bond acceptors (Lipinski definition) is 5. The third kappa shape index (κ3) is 3.42. The lowest BCUT2D eigenvalue weighted by Crippen LogP contribution is -2.39. The molecule has 1 aromatic carbocycles. The Morgan fingerprint density at radius 3 is 2.50 bits per heavy atom. The second-order valence-electron chi connectivity index (χ2n) is 5.92. The van der Waals surface area contributed by atoms with Crippen LogP contribution in [-0.2, 0) is 18.2 Å². The van der Waals surface area contributed by atoms with E-state index in [1.54, 1.807) is 26.8 Å². The summed E-state index contributed by atoms with van der Waals surface area (Å²) in [5, 5.41) is 9.15. The maximum atomic E-state index is 14.5. The number of nitriles is 1. The highest BCUT2D eigenvalue weighted by molar-refractivity contribution is 5.93. The Kier molecular flexibility index (Phi) is 5.41. The molecule has 0 N–H and O–H groups in total. The van der Waals surface area contributed by atoms with Crippen molar-refractivity contribution in [3.63, 3.8) is 0 Å². The smallest absolute Gasteiger partial charge is 0.339 e. The SMILES string of the molecule is CCc1cc(=O)n(-c2cc(C(=O)OC(C)C)c(C#N)cc2F)c(=O)n1C. The van der Waals surface area contributed by atoms with Crippen LogP contribution in [0.15, 0.2) is 27.8 Å². The van der Waals surface area contributed by atoms with Crippen LogP contribution >= 0.6 is 0 Å². The van der Waals surface area contributed by atoms with Gasteiger partial charge in [-0.25, -0.2) is 18.5 Å². The van der Waals surface area contributed by atoms with Gasteiger partial charge in [-0.3, -0.25) is 4.79 Å². The Morgan fingerprint density at radius 2 is 1.96 bits per heavy atom. The van der Waals surface area contributed by atoms with Gasteiger partial charge in [-0.1, -0.05) is 6.92 Å². The van der Waals surface area contributed by atoms with Crippen LogP contribution in [0.2, 0.25) is 0 Å². The molecule has 0 radical (unpaired) electrons. The minimum Gasteiger partial charge on any atom is -0.459 e. The van der Waals surface area contributed by atoms with E-state index in [0.717, 1.165) is 12.1 Å². The van der Waals surface area contributed by atoms with Gasteiger partial charge in [0.05, 0.1) is 22.9 Å². The molecule has 0 aliphatic carbocycles. The van der Waals surface area contributed by atoms with Gasteiger partial charge < -0.3 is 9.30 Å². The van der Waals surface area contributed by atoms with Gasteiger partial charge in [-0.05, 0) is 32.4 Å². The molecule has 0 spiro atoms. The minimum absolute atomic E-state index is 0.217. The summed E-state index contributed by atoms with van der Waals surface area (Å²) in [6, 6.07) is 4.75. The van der Waals surface area contributed by atoms with Crippen LogP contribution in [0.1, 0.15) is 42.4 Å². The molecule has 136 valence electrons. The fraction of sp³-hybridized carbons (Fsp3) is 0.333. The second-order valence-corrected chi connectivity index (χ2v) is 5.92. The van der Waals surface area contributed by atoms with Crippen LogP contribution in [0.25, 0.3) is 5.69 Å². The van der Waals surface area contributed by atoms with Crippen molar-refractivity contribution in [1.82, 2.24) is 9.13 Å². The number of carbonyl (C=O) groups is 1. The minimum atomic E-state index is -0.967. The van der Waals surface area contributed by atoms with Gasteiger partial charge >= 0.3 is 11.7 Å². The topological polar surface area (TPSA) is 94.1 Å². The van der Waals surface area contributed by atoms with Crippen molar-refractivity contribution in [1.29, 1.82) is 5.26 Å². The number of aryl methyl sites for hydroxylation is 1. The summed E-state index contributed by atoms with van der Waals surface area (Å²) in [7, 11) is 1.46. The van der Waals surface area contributed by atoms with Gasteiger partial charge in [-0.15, -0.1) is 0 Å². The molecule has 2 aromatic rings. The molecule has 26 heavy (non-hydrogen) atoms. The number of benzene rings is 1. The van der Waals surface area contributed by atoms with Gasteiger partial charge in [0.25, 0.3) is 5.56 Å². The number of esters is 1. The van der Waals surface area contributed by atoms with Crippen LogP contribution in [-0.4, -0.2) is 21.2 Å². The molecule has 0 saturated carbocycles.